The van der Waals surface area contributed by atoms with Crippen LogP contribution in [0.25, 0.3) is 6.08 Å². The van der Waals surface area contributed by atoms with E-state index in [4.69, 9.17) is 21.1 Å². The van der Waals surface area contributed by atoms with Crippen LogP contribution in [0.15, 0.2) is 76.8 Å². The minimum Gasteiger partial charge on any atom is -0.494 e. The highest BCUT2D eigenvalue weighted by Crippen LogP contribution is 2.29. The van der Waals surface area contributed by atoms with Crippen LogP contribution < -0.4 is 19.7 Å². The highest BCUT2D eigenvalue weighted by atomic mass is 79.9. The van der Waals surface area contributed by atoms with E-state index >= 15 is 0 Å². The van der Waals surface area contributed by atoms with E-state index in [2.05, 4.69) is 21.2 Å². The fourth-order valence-electron chi connectivity index (χ4n) is 3.44. The van der Waals surface area contributed by atoms with Gasteiger partial charge in [-0.3, -0.25) is 14.9 Å². The Labute approximate surface area is 215 Å². The van der Waals surface area contributed by atoms with E-state index in [0.717, 1.165) is 14.9 Å². The number of halogens is 2. The van der Waals surface area contributed by atoms with E-state index in [1.807, 2.05) is 31.2 Å². The molecule has 0 bridgehead atoms. The van der Waals surface area contributed by atoms with Gasteiger partial charge in [-0.25, -0.2) is 9.69 Å². The molecule has 0 unspecified atom stereocenters. The summed E-state index contributed by atoms with van der Waals surface area (Å²) in [5.74, 6) is -0.556. The molecule has 4 rings (SSSR count). The number of ether oxygens (including phenoxy) is 2. The lowest BCUT2D eigenvalue weighted by atomic mass is 10.1. The first kappa shape index (κ1) is 24.5. The molecule has 35 heavy (non-hydrogen) atoms. The Morgan fingerprint density at radius 1 is 1.00 bits per heavy atom. The molecule has 0 aromatic heterocycles. The molecule has 7 nitrogen and oxygen atoms in total. The van der Waals surface area contributed by atoms with Crippen molar-refractivity contribution in [3.63, 3.8) is 0 Å². The first-order valence-corrected chi connectivity index (χ1v) is 11.8. The average molecular weight is 556 g/mol. The van der Waals surface area contributed by atoms with Crippen molar-refractivity contribution in [3.8, 4) is 11.5 Å². The van der Waals surface area contributed by atoms with Crippen molar-refractivity contribution < 1.29 is 23.9 Å². The number of carbonyl (C=O) groups excluding carboxylic acids is 3. The molecule has 4 amide bonds. The molecule has 0 atom stereocenters. The maximum atomic E-state index is 13.2. The zero-order chi connectivity index (χ0) is 24.9. The topological polar surface area (TPSA) is 84.9 Å². The van der Waals surface area contributed by atoms with Crippen LogP contribution in [0.5, 0.6) is 11.5 Å². The quantitative estimate of drug-likeness (QED) is 0.297. The van der Waals surface area contributed by atoms with Crippen molar-refractivity contribution in [2.45, 2.75) is 13.5 Å². The minimum atomic E-state index is -0.835. The van der Waals surface area contributed by atoms with Gasteiger partial charge in [-0.1, -0.05) is 45.7 Å². The number of amides is 4. The van der Waals surface area contributed by atoms with E-state index in [9.17, 15) is 14.4 Å². The van der Waals surface area contributed by atoms with E-state index < -0.39 is 17.8 Å². The summed E-state index contributed by atoms with van der Waals surface area (Å²) in [5.41, 5.74) is 1.40. The SMILES string of the molecule is CCOc1ccc(N2C(=O)NC(=O)/C(=C\c3cc(Cl)ccc3OCc3ccccc3Br)C2=O)cc1. The summed E-state index contributed by atoms with van der Waals surface area (Å²) >= 11 is 9.67. The number of nitrogens with zero attached hydrogens (tertiary/aromatic N) is 1. The summed E-state index contributed by atoms with van der Waals surface area (Å²) in [6.07, 6.45) is 1.37. The second kappa shape index (κ2) is 10.8. The number of urea groups is 1. The summed E-state index contributed by atoms with van der Waals surface area (Å²) in [6, 6.07) is 18.1. The lowest BCUT2D eigenvalue weighted by Crippen LogP contribution is -2.54. The molecule has 0 spiro atoms. The van der Waals surface area contributed by atoms with Crippen LogP contribution in [0, 0.1) is 0 Å². The number of nitrogens with one attached hydrogen (secondary N) is 1. The van der Waals surface area contributed by atoms with Crippen molar-refractivity contribution in [3.05, 3.63) is 92.9 Å². The van der Waals surface area contributed by atoms with Crippen molar-refractivity contribution >= 4 is 57.1 Å². The summed E-state index contributed by atoms with van der Waals surface area (Å²) in [5, 5.41) is 2.61. The average Bonchev–Trinajstić information content (AvgIpc) is 2.83. The number of benzene rings is 3. The van der Waals surface area contributed by atoms with Crippen LogP contribution in [0.3, 0.4) is 0 Å². The molecular formula is C26H20BrClN2O5. The molecule has 1 saturated heterocycles. The van der Waals surface area contributed by atoms with Gasteiger partial charge in [0.1, 0.15) is 23.7 Å². The Morgan fingerprint density at radius 3 is 2.46 bits per heavy atom. The lowest BCUT2D eigenvalue weighted by Gasteiger charge is -2.26. The monoisotopic (exact) mass is 554 g/mol. The highest BCUT2D eigenvalue weighted by molar-refractivity contribution is 9.10. The summed E-state index contributed by atoms with van der Waals surface area (Å²) < 4.78 is 12.3. The smallest absolute Gasteiger partial charge is 0.335 e. The number of hydrogen-bond donors (Lipinski definition) is 1. The predicted molar refractivity (Wildman–Crippen MR) is 137 cm³/mol. The fourth-order valence-corrected chi connectivity index (χ4v) is 4.02. The van der Waals surface area contributed by atoms with Crippen LogP contribution in [-0.2, 0) is 16.2 Å². The third-order valence-corrected chi connectivity index (χ3v) is 6.13. The molecule has 3 aromatic rings. The molecule has 1 aliphatic rings. The number of imide groups is 2. The maximum absolute atomic E-state index is 13.2. The van der Waals surface area contributed by atoms with Crippen molar-refractivity contribution in [2.75, 3.05) is 11.5 Å². The molecule has 1 N–H and O–H groups in total. The largest absolute Gasteiger partial charge is 0.494 e. The van der Waals surface area contributed by atoms with Crippen LogP contribution in [-0.4, -0.2) is 24.5 Å². The van der Waals surface area contributed by atoms with Gasteiger partial charge in [0.15, 0.2) is 0 Å². The van der Waals surface area contributed by atoms with Gasteiger partial charge >= 0.3 is 6.03 Å². The Kier molecular flexibility index (Phi) is 7.53. The number of rotatable bonds is 7. The molecule has 1 fully saturated rings. The van der Waals surface area contributed by atoms with Gasteiger partial charge in [0.05, 0.1) is 12.3 Å². The van der Waals surface area contributed by atoms with Crippen LogP contribution in [0.1, 0.15) is 18.1 Å². The molecule has 3 aromatic carbocycles. The zero-order valence-corrected chi connectivity index (χ0v) is 20.9. The third-order valence-electron chi connectivity index (χ3n) is 5.12. The first-order valence-electron chi connectivity index (χ1n) is 10.7. The van der Waals surface area contributed by atoms with E-state index in [1.165, 1.54) is 6.08 Å². The van der Waals surface area contributed by atoms with Crippen LogP contribution in [0.2, 0.25) is 5.02 Å². The molecule has 0 radical (unpaired) electrons. The Bertz CT molecular complexity index is 1320. The van der Waals surface area contributed by atoms with E-state index in [-0.39, 0.29) is 12.2 Å². The Morgan fingerprint density at radius 2 is 1.74 bits per heavy atom. The van der Waals surface area contributed by atoms with Crippen molar-refractivity contribution in [1.82, 2.24) is 5.32 Å². The van der Waals surface area contributed by atoms with Gasteiger partial charge in [-0.2, -0.15) is 0 Å². The fraction of sp³-hybridized carbons (Fsp3) is 0.115. The van der Waals surface area contributed by atoms with Gasteiger partial charge in [-0.15, -0.1) is 0 Å². The normalized spacial score (nSPS) is 14.8. The molecule has 0 saturated carbocycles. The molecule has 178 valence electrons. The summed E-state index contributed by atoms with van der Waals surface area (Å²) in [4.78, 5) is 39.3. The van der Waals surface area contributed by atoms with Gasteiger partial charge < -0.3 is 9.47 Å². The van der Waals surface area contributed by atoms with E-state index in [1.54, 1.807) is 42.5 Å². The lowest BCUT2D eigenvalue weighted by molar-refractivity contribution is -0.122. The van der Waals surface area contributed by atoms with Gasteiger partial charge in [0.2, 0.25) is 0 Å². The highest BCUT2D eigenvalue weighted by Gasteiger charge is 2.37. The summed E-state index contributed by atoms with van der Waals surface area (Å²) in [6.45, 7) is 2.58. The minimum absolute atomic E-state index is 0.230. The predicted octanol–water partition coefficient (Wildman–Crippen LogP) is 5.75. The Hall–Kier alpha value is -3.62. The third kappa shape index (κ3) is 5.55. The van der Waals surface area contributed by atoms with Crippen LogP contribution in [0.4, 0.5) is 10.5 Å². The second-order valence-corrected chi connectivity index (χ2v) is 8.74. The number of hydrogen-bond acceptors (Lipinski definition) is 5. The van der Waals surface area contributed by atoms with Gasteiger partial charge in [0.25, 0.3) is 11.8 Å². The number of carbonyl (C=O) groups is 3. The number of barbiturate groups is 1. The molecule has 9 heteroatoms. The molecule has 1 aliphatic heterocycles. The molecule has 1 heterocycles. The molecule has 0 aliphatic carbocycles. The van der Waals surface area contributed by atoms with Crippen molar-refractivity contribution in [1.29, 1.82) is 0 Å². The zero-order valence-electron chi connectivity index (χ0n) is 18.6. The number of anilines is 1. The Balaban J connectivity index is 1.65. The van der Waals surface area contributed by atoms with E-state index in [0.29, 0.717) is 34.4 Å². The maximum Gasteiger partial charge on any atom is 0.335 e. The molecular weight excluding hydrogens is 536 g/mol. The summed E-state index contributed by atoms with van der Waals surface area (Å²) in [7, 11) is 0. The van der Waals surface area contributed by atoms with Crippen molar-refractivity contribution in [2.24, 2.45) is 0 Å². The van der Waals surface area contributed by atoms with Gasteiger partial charge in [-0.05, 0) is 61.5 Å². The standard InChI is InChI=1S/C26H20BrClN2O5/c1-2-34-20-10-8-19(9-11-20)30-25(32)21(24(31)29-26(30)33)14-17-13-18(28)7-12-23(17)35-15-16-5-3-4-6-22(16)27/h3-14H,2,15H2,1H3,(H,29,31,33)/b21-14+. The first-order chi connectivity index (χ1) is 16.9. The van der Waals surface area contributed by atoms with Gasteiger partial charge in [0, 0.05) is 20.6 Å². The van der Waals surface area contributed by atoms with Crippen LogP contribution >= 0.6 is 27.5 Å². The second-order valence-electron chi connectivity index (χ2n) is 7.45.